The van der Waals surface area contributed by atoms with Crippen molar-refractivity contribution in [3.05, 3.63) is 59.5 Å². The third-order valence-electron chi connectivity index (χ3n) is 5.84. The van der Waals surface area contributed by atoms with Crippen LogP contribution in [0.3, 0.4) is 0 Å². The lowest BCUT2D eigenvalue weighted by atomic mass is 9.92. The quantitative estimate of drug-likeness (QED) is 0.538. The van der Waals surface area contributed by atoms with Gasteiger partial charge in [-0.05, 0) is 67.3 Å². The number of hydrogen-bond donors (Lipinski definition) is 2. The summed E-state index contributed by atoms with van der Waals surface area (Å²) in [7, 11) is 2.08. The van der Waals surface area contributed by atoms with Crippen LogP contribution in [0, 0.1) is 11.2 Å². The molecule has 30 heavy (non-hydrogen) atoms. The summed E-state index contributed by atoms with van der Waals surface area (Å²) in [5.74, 6) is 2.21. The van der Waals surface area contributed by atoms with Gasteiger partial charge in [0.2, 0.25) is 0 Å². The fraction of sp³-hybridized carbons (Fsp3) is 0.348. The van der Waals surface area contributed by atoms with E-state index in [1.54, 1.807) is 12.1 Å². The van der Waals surface area contributed by atoms with Crippen LogP contribution in [0.25, 0.3) is 5.57 Å². The van der Waals surface area contributed by atoms with E-state index < -0.39 is 11.2 Å². The van der Waals surface area contributed by atoms with Crippen molar-refractivity contribution in [2.45, 2.75) is 31.8 Å². The minimum Gasteiger partial charge on any atom is -0.616 e. The van der Waals surface area contributed by atoms with Crippen molar-refractivity contribution in [3.8, 4) is 11.5 Å². The number of rotatable bonds is 6. The predicted molar refractivity (Wildman–Crippen MR) is 121 cm³/mol. The Morgan fingerprint density at radius 3 is 2.67 bits per heavy atom. The number of fused-ring (bicyclic) bond motifs is 1. The van der Waals surface area contributed by atoms with E-state index >= 15 is 0 Å². The lowest BCUT2D eigenvalue weighted by molar-refractivity contribution is 0.466. The summed E-state index contributed by atoms with van der Waals surface area (Å²) in [6.07, 6.45) is 4.98. The van der Waals surface area contributed by atoms with Gasteiger partial charge in [0.15, 0.2) is 0 Å². The lowest BCUT2D eigenvalue weighted by Gasteiger charge is -2.35. The number of hydrogen-bond acceptors (Lipinski definition) is 5. The summed E-state index contributed by atoms with van der Waals surface area (Å²) in [5, 5.41) is 11.2. The molecule has 2 aliphatic heterocycles. The van der Waals surface area contributed by atoms with Gasteiger partial charge in [-0.15, -0.1) is 0 Å². The molecule has 2 aliphatic rings. The summed E-state index contributed by atoms with van der Waals surface area (Å²) >= 11 is -0.735. The first kappa shape index (κ1) is 20.8. The summed E-state index contributed by atoms with van der Waals surface area (Å²) in [6.45, 7) is 2.20. The third-order valence-corrected chi connectivity index (χ3v) is 7.39. The molecule has 5 nitrogen and oxygen atoms in total. The smallest absolute Gasteiger partial charge is 0.140 e. The van der Waals surface area contributed by atoms with Gasteiger partial charge in [-0.25, -0.2) is 4.39 Å². The van der Waals surface area contributed by atoms with Crippen LogP contribution in [0.4, 0.5) is 10.1 Å². The van der Waals surface area contributed by atoms with E-state index in [2.05, 4.69) is 30.3 Å². The molecule has 158 valence electrons. The molecule has 0 spiro atoms. The molecular weight excluding hydrogens is 401 g/mol. The van der Waals surface area contributed by atoms with Gasteiger partial charge < -0.3 is 24.9 Å². The molecule has 1 saturated heterocycles. The number of halogens is 1. The second-order valence-corrected chi connectivity index (χ2v) is 9.42. The standard InChI is InChI=1S/C23H26FN3O2S/c1-15-3-8-21-22(27(15)2)10-9-20(16(11-25)12-26-18-13-30(28)14-18)23(21)29-19-6-4-17(24)5-7-19/h4-7,9-12,15,18,25-26H,3,8,13-14H2,1-2H3/b16-12+,25-11?. The van der Waals surface area contributed by atoms with Crippen LogP contribution in [0.15, 0.2) is 42.6 Å². The topological polar surface area (TPSA) is 71.4 Å². The fourth-order valence-electron chi connectivity index (χ4n) is 3.84. The molecule has 7 heteroatoms. The number of nitrogens with one attached hydrogen (secondary N) is 2. The zero-order chi connectivity index (χ0) is 21.3. The Kier molecular flexibility index (Phi) is 6.01. The van der Waals surface area contributed by atoms with Crippen molar-refractivity contribution in [1.82, 2.24) is 5.32 Å². The zero-order valence-electron chi connectivity index (χ0n) is 17.2. The van der Waals surface area contributed by atoms with Crippen LogP contribution in [-0.2, 0) is 17.6 Å². The highest BCUT2D eigenvalue weighted by Gasteiger charge is 2.31. The first-order valence-corrected chi connectivity index (χ1v) is 11.6. The van der Waals surface area contributed by atoms with Crippen molar-refractivity contribution in [1.29, 1.82) is 5.41 Å². The van der Waals surface area contributed by atoms with Crippen LogP contribution in [-0.4, -0.2) is 41.4 Å². The summed E-state index contributed by atoms with van der Waals surface area (Å²) in [4.78, 5) is 2.25. The van der Waals surface area contributed by atoms with E-state index in [-0.39, 0.29) is 11.9 Å². The number of anilines is 1. The number of allylic oxidation sites excluding steroid dienone is 1. The molecule has 0 saturated carbocycles. The van der Waals surface area contributed by atoms with Crippen molar-refractivity contribution < 1.29 is 13.7 Å². The Balaban J connectivity index is 1.74. The highest BCUT2D eigenvalue weighted by Crippen LogP contribution is 2.42. The van der Waals surface area contributed by atoms with Gasteiger partial charge in [-0.2, -0.15) is 0 Å². The van der Waals surface area contributed by atoms with Crippen LogP contribution in [0.1, 0.15) is 24.5 Å². The molecule has 2 aromatic rings. The Bertz CT molecular complexity index is 958. The molecule has 0 radical (unpaired) electrons. The van der Waals surface area contributed by atoms with Gasteiger partial charge in [0, 0.05) is 47.9 Å². The molecular formula is C23H26FN3O2S. The van der Waals surface area contributed by atoms with E-state index in [1.165, 1.54) is 18.3 Å². The predicted octanol–water partition coefficient (Wildman–Crippen LogP) is 4.10. The van der Waals surface area contributed by atoms with E-state index in [0.29, 0.717) is 34.6 Å². The van der Waals surface area contributed by atoms with Gasteiger partial charge in [-0.3, -0.25) is 0 Å². The van der Waals surface area contributed by atoms with Crippen molar-refractivity contribution in [3.63, 3.8) is 0 Å². The van der Waals surface area contributed by atoms with E-state index in [0.717, 1.165) is 29.7 Å². The maximum absolute atomic E-state index is 13.4. The minimum absolute atomic E-state index is 0.173. The summed E-state index contributed by atoms with van der Waals surface area (Å²) in [5.41, 5.74) is 3.70. The molecule has 1 fully saturated rings. The van der Waals surface area contributed by atoms with Gasteiger partial charge in [0.05, 0.1) is 0 Å². The molecule has 1 unspecified atom stereocenters. The molecule has 2 heterocycles. The highest BCUT2D eigenvalue weighted by atomic mass is 32.2. The van der Waals surface area contributed by atoms with Gasteiger partial charge in [-0.1, -0.05) is 0 Å². The Morgan fingerprint density at radius 1 is 1.27 bits per heavy atom. The molecule has 0 bridgehead atoms. The number of benzene rings is 2. The number of ether oxygens (including phenoxy) is 1. The van der Waals surface area contributed by atoms with E-state index in [4.69, 9.17) is 10.1 Å². The summed E-state index contributed by atoms with van der Waals surface area (Å²) in [6, 6.07) is 10.6. The maximum Gasteiger partial charge on any atom is 0.140 e. The Morgan fingerprint density at radius 2 is 2.00 bits per heavy atom. The Hall–Kier alpha value is -2.51. The van der Waals surface area contributed by atoms with Gasteiger partial charge in [0.1, 0.15) is 34.9 Å². The first-order valence-electron chi connectivity index (χ1n) is 10.1. The van der Waals surface area contributed by atoms with Gasteiger partial charge >= 0.3 is 0 Å². The highest BCUT2D eigenvalue weighted by molar-refractivity contribution is 7.92. The average molecular weight is 428 g/mol. The second kappa shape index (κ2) is 8.70. The fourth-order valence-corrected chi connectivity index (χ4v) is 4.83. The average Bonchev–Trinajstić information content (AvgIpc) is 2.72. The summed E-state index contributed by atoms with van der Waals surface area (Å²) < 4.78 is 31.0. The van der Waals surface area contributed by atoms with E-state index in [1.807, 2.05) is 12.3 Å². The molecule has 2 N–H and O–H groups in total. The SMILES string of the molecule is CC1CCc2c(ccc(/C(C=N)=C/NC3C[S+]([O-])C3)c2Oc2ccc(F)cc2)N1C. The first-order chi connectivity index (χ1) is 14.5. The third kappa shape index (κ3) is 4.18. The molecule has 0 aromatic heterocycles. The largest absolute Gasteiger partial charge is 0.616 e. The monoisotopic (exact) mass is 427 g/mol. The van der Waals surface area contributed by atoms with Crippen LogP contribution in [0.2, 0.25) is 0 Å². The normalized spacial score (nSPS) is 23.4. The van der Waals surface area contributed by atoms with Crippen molar-refractivity contribution >= 4 is 28.7 Å². The molecule has 4 rings (SSSR count). The van der Waals surface area contributed by atoms with Crippen molar-refractivity contribution in [2.75, 3.05) is 23.5 Å². The lowest BCUT2D eigenvalue weighted by Crippen LogP contribution is -2.49. The van der Waals surface area contributed by atoms with Gasteiger partial charge in [0.25, 0.3) is 0 Å². The van der Waals surface area contributed by atoms with Crippen LogP contribution >= 0.6 is 0 Å². The van der Waals surface area contributed by atoms with Crippen molar-refractivity contribution in [2.24, 2.45) is 0 Å². The molecule has 0 aliphatic carbocycles. The maximum atomic E-state index is 13.4. The van der Waals surface area contributed by atoms with Crippen LogP contribution in [0.5, 0.6) is 11.5 Å². The molecule has 1 atom stereocenters. The van der Waals surface area contributed by atoms with E-state index in [9.17, 15) is 8.94 Å². The number of nitrogens with zero attached hydrogens (tertiary/aromatic N) is 1. The molecule has 2 aromatic carbocycles. The Labute approximate surface area is 179 Å². The second-order valence-electron chi connectivity index (χ2n) is 7.88. The van der Waals surface area contributed by atoms with Crippen LogP contribution < -0.4 is 15.0 Å². The zero-order valence-corrected chi connectivity index (χ0v) is 18.0. The minimum atomic E-state index is -0.735. The molecule has 0 amide bonds.